The summed E-state index contributed by atoms with van der Waals surface area (Å²) in [5.41, 5.74) is 2.17. The highest BCUT2D eigenvalue weighted by molar-refractivity contribution is 6.32. The minimum absolute atomic E-state index is 0.456. The Bertz CT molecular complexity index is 315. The number of nitrogens with two attached hydrogens (primary N) is 1. The topological polar surface area (TPSA) is 44.5 Å². The summed E-state index contributed by atoms with van der Waals surface area (Å²) in [6.45, 7) is 2.46. The third-order valence-electron chi connectivity index (χ3n) is 2.12. The molecule has 0 aliphatic carbocycles. The number of methoxy groups -OCH3 is 1. The molecule has 78 valence electrons. The summed E-state index contributed by atoms with van der Waals surface area (Å²) >= 11 is 5.98. The van der Waals surface area contributed by atoms with E-state index in [1.807, 2.05) is 19.1 Å². The predicted octanol–water partition coefficient (Wildman–Crippen LogP) is 2.09. The van der Waals surface area contributed by atoms with Crippen LogP contribution in [0.15, 0.2) is 12.1 Å². The summed E-state index contributed by atoms with van der Waals surface area (Å²) in [6.07, 6.45) is 0.700. The highest BCUT2D eigenvalue weighted by Gasteiger charge is 2.10. The zero-order chi connectivity index (χ0) is 10.6. The van der Waals surface area contributed by atoms with Crippen LogP contribution < -0.4 is 10.6 Å². The third-order valence-corrected chi connectivity index (χ3v) is 2.42. The Balaban J connectivity index is 3.03. The van der Waals surface area contributed by atoms with Gasteiger partial charge in [-0.25, -0.2) is 5.90 Å². The van der Waals surface area contributed by atoms with Crippen LogP contribution in [0.2, 0.25) is 5.02 Å². The van der Waals surface area contributed by atoms with Crippen LogP contribution >= 0.6 is 11.6 Å². The maximum absolute atomic E-state index is 5.98. The van der Waals surface area contributed by atoms with Gasteiger partial charge < -0.3 is 9.57 Å². The van der Waals surface area contributed by atoms with E-state index in [1.165, 1.54) is 0 Å². The second kappa shape index (κ2) is 5.20. The van der Waals surface area contributed by atoms with Crippen LogP contribution in [0.1, 0.15) is 11.1 Å². The number of hydrogen-bond acceptors (Lipinski definition) is 3. The SMILES string of the molecule is COc1c(Cl)ccc(C)c1CCON. The number of hydrogen-bond donors (Lipinski definition) is 1. The van der Waals surface area contributed by atoms with Crippen LogP contribution in [0.25, 0.3) is 0 Å². The highest BCUT2D eigenvalue weighted by Crippen LogP contribution is 2.31. The van der Waals surface area contributed by atoms with Crippen molar-refractivity contribution in [3.63, 3.8) is 0 Å². The fraction of sp³-hybridized carbons (Fsp3) is 0.400. The van der Waals surface area contributed by atoms with Crippen molar-refractivity contribution in [3.05, 3.63) is 28.3 Å². The normalized spacial score (nSPS) is 10.3. The molecule has 0 aromatic heterocycles. The van der Waals surface area contributed by atoms with Gasteiger partial charge in [0.15, 0.2) is 0 Å². The van der Waals surface area contributed by atoms with E-state index >= 15 is 0 Å². The molecule has 0 aliphatic rings. The average molecular weight is 216 g/mol. The van der Waals surface area contributed by atoms with Crippen molar-refractivity contribution >= 4 is 11.6 Å². The first kappa shape index (κ1) is 11.3. The fourth-order valence-electron chi connectivity index (χ4n) is 1.39. The maximum Gasteiger partial charge on any atom is 0.140 e. The van der Waals surface area contributed by atoms with Gasteiger partial charge in [0.25, 0.3) is 0 Å². The molecule has 0 saturated carbocycles. The molecule has 4 heteroatoms. The van der Waals surface area contributed by atoms with Crippen molar-refractivity contribution in [1.29, 1.82) is 0 Å². The number of rotatable bonds is 4. The molecule has 0 saturated heterocycles. The molecule has 1 rings (SSSR count). The summed E-state index contributed by atoms with van der Waals surface area (Å²) in [5, 5.41) is 0.616. The fourth-order valence-corrected chi connectivity index (χ4v) is 1.64. The Hall–Kier alpha value is -0.770. The van der Waals surface area contributed by atoms with E-state index in [2.05, 4.69) is 4.84 Å². The van der Waals surface area contributed by atoms with Crippen LogP contribution in [-0.4, -0.2) is 13.7 Å². The monoisotopic (exact) mass is 215 g/mol. The molecular formula is C10H14ClNO2. The van der Waals surface area contributed by atoms with E-state index in [9.17, 15) is 0 Å². The van der Waals surface area contributed by atoms with Gasteiger partial charge in [-0.2, -0.15) is 0 Å². The molecule has 0 radical (unpaired) electrons. The van der Waals surface area contributed by atoms with E-state index in [-0.39, 0.29) is 0 Å². The lowest BCUT2D eigenvalue weighted by Crippen LogP contribution is -2.06. The lowest BCUT2D eigenvalue weighted by atomic mass is 10.1. The van der Waals surface area contributed by atoms with Gasteiger partial charge in [-0.15, -0.1) is 0 Å². The van der Waals surface area contributed by atoms with Gasteiger partial charge in [-0.05, 0) is 18.6 Å². The molecule has 0 bridgehead atoms. The number of benzene rings is 1. The van der Waals surface area contributed by atoms with E-state index in [1.54, 1.807) is 7.11 Å². The molecule has 0 spiro atoms. The first-order chi connectivity index (χ1) is 6.70. The molecule has 1 aromatic carbocycles. The highest BCUT2D eigenvalue weighted by atomic mass is 35.5. The quantitative estimate of drug-likeness (QED) is 0.783. The summed E-state index contributed by atoms with van der Waals surface area (Å²) in [4.78, 5) is 4.54. The molecule has 1 aromatic rings. The smallest absolute Gasteiger partial charge is 0.140 e. The minimum Gasteiger partial charge on any atom is -0.495 e. The molecule has 0 heterocycles. The first-order valence-corrected chi connectivity index (χ1v) is 4.72. The van der Waals surface area contributed by atoms with E-state index in [0.29, 0.717) is 23.8 Å². The predicted molar refractivity (Wildman–Crippen MR) is 56.6 cm³/mol. The van der Waals surface area contributed by atoms with Crippen LogP contribution in [0, 0.1) is 6.92 Å². The van der Waals surface area contributed by atoms with Crippen LogP contribution in [-0.2, 0) is 11.3 Å². The minimum atomic E-state index is 0.456. The Kier molecular flexibility index (Phi) is 4.20. The Morgan fingerprint density at radius 1 is 1.43 bits per heavy atom. The van der Waals surface area contributed by atoms with Crippen molar-refractivity contribution in [3.8, 4) is 5.75 Å². The maximum atomic E-state index is 5.98. The van der Waals surface area contributed by atoms with Crippen molar-refractivity contribution < 1.29 is 9.57 Å². The lowest BCUT2D eigenvalue weighted by Gasteiger charge is -2.12. The largest absolute Gasteiger partial charge is 0.495 e. The first-order valence-electron chi connectivity index (χ1n) is 4.34. The Morgan fingerprint density at radius 2 is 2.14 bits per heavy atom. The number of halogens is 1. The van der Waals surface area contributed by atoms with Crippen molar-refractivity contribution in [2.45, 2.75) is 13.3 Å². The van der Waals surface area contributed by atoms with Crippen LogP contribution in [0.3, 0.4) is 0 Å². The Morgan fingerprint density at radius 3 is 2.71 bits per heavy atom. The molecule has 14 heavy (non-hydrogen) atoms. The van der Waals surface area contributed by atoms with Crippen molar-refractivity contribution in [2.75, 3.05) is 13.7 Å². The van der Waals surface area contributed by atoms with Crippen molar-refractivity contribution in [1.82, 2.24) is 0 Å². The van der Waals surface area contributed by atoms with Gasteiger partial charge in [-0.1, -0.05) is 17.7 Å². The summed E-state index contributed by atoms with van der Waals surface area (Å²) in [5.74, 6) is 5.69. The van der Waals surface area contributed by atoms with E-state index < -0.39 is 0 Å². The zero-order valence-corrected chi connectivity index (χ0v) is 9.10. The standard InChI is InChI=1S/C10H14ClNO2/c1-7-3-4-9(11)10(13-2)8(7)5-6-14-12/h3-4H,5-6,12H2,1-2H3. The van der Waals surface area contributed by atoms with E-state index in [4.69, 9.17) is 22.2 Å². The van der Waals surface area contributed by atoms with Gasteiger partial charge >= 0.3 is 0 Å². The lowest BCUT2D eigenvalue weighted by molar-refractivity contribution is 0.140. The molecule has 0 atom stereocenters. The van der Waals surface area contributed by atoms with Crippen molar-refractivity contribution in [2.24, 2.45) is 5.90 Å². The van der Waals surface area contributed by atoms with Gasteiger partial charge in [0.1, 0.15) is 5.75 Å². The molecule has 0 unspecified atom stereocenters. The molecule has 0 amide bonds. The average Bonchev–Trinajstić information content (AvgIpc) is 2.19. The summed E-state index contributed by atoms with van der Waals surface area (Å²) in [7, 11) is 1.60. The van der Waals surface area contributed by atoms with Crippen LogP contribution in [0.4, 0.5) is 0 Å². The number of ether oxygens (including phenoxy) is 1. The van der Waals surface area contributed by atoms with Gasteiger partial charge in [-0.3, -0.25) is 0 Å². The summed E-state index contributed by atoms with van der Waals surface area (Å²) < 4.78 is 5.23. The van der Waals surface area contributed by atoms with Gasteiger partial charge in [0, 0.05) is 12.0 Å². The molecule has 0 fully saturated rings. The van der Waals surface area contributed by atoms with Gasteiger partial charge in [0.05, 0.1) is 18.7 Å². The molecule has 3 nitrogen and oxygen atoms in total. The second-order valence-electron chi connectivity index (χ2n) is 3.00. The summed E-state index contributed by atoms with van der Waals surface area (Å²) in [6, 6.07) is 3.78. The second-order valence-corrected chi connectivity index (χ2v) is 3.40. The zero-order valence-electron chi connectivity index (χ0n) is 8.34. The van der Waals surface area contributed by atoms with Crippen LogP contribution in [0.5, 0.6) is 5.75 Å². The van der Waals surface area contributed by atoms with E-state index in [0.717, 1.165) is 11.1 Å². The third kappa shape index (κ3) is 2.38. The Labute approximate surface area is 88.7 Å². The van der Waals surface area contributed by atoms with Gasteiger partial charge in [0.2, 0.25) is 0 Å². The molecular weight excluding hydrogens is 202 g/mol. The molecule has 2 N–H and O–H groups in total. The molecule has 0 aliphatic heterocycles. The number of aryl methyl sites for hydroxylation is 1.